The molecule has 0 aliphatic rings. The lowest BCUT2D eigenvalue weighted by Crippen LogP contribution is -2.56. The van der Waals surface area contributed by atoms with Crippen LogP contribution in [0.25, 0.3) is 0 Å². The van der Waals surface area contributed by atoms with Crippen LogP contribution in [0.1, 0.15) is 33.3 Å². The summed E-state index contributed by atoms with van der Waals surface area (Å²) in [6.07, 6.45) is 0. The summed E-state index contributed by atoms with van der Waals surface area (Å²) in [6, 6.07) is 3.56. The number of carbonyl (C=O) groups is 1. The van der Waals surface area contributed by atoms with Crippen molar-refractivity contribution in [1.82, 2.24) is 4.72 Å². The Bertz CT molecular complexity index is 666. The number of aryl methyl sites for hydroxylation is 1. The molecule has 0 spiro atoms. The lowest BCUT2D eigenvalue weighted by molar-refractivity contribution is -0.150. The zero-order chi connectivity index (χ0) is 16.6. The van der Waals surface area contributed by atoms with Gasteiger partial charge in [0.05, 0.1) is 10.3 Å². The van der Waals surface area contributed by atoms with Crippen molar-refractivity contribution >= 4 is 16.0 Å². The monoisotopic (exact) mass is 317 g/mol. The van der Waals surface area contributed by atoms with E-state index in [-0.39, 0.29) is 4.90 Å². The second kappa shape index (κ2) is 5.38. The van der Waals surface area contributed by atoms with E-state index in [2.05, 4.69) is 4.72 Å². The van der Waals surface area contributed by atoms with Gasteiger partial charge >= 0.3 is 5.97 Å². The van der Waals surface area contributed by atoms with Gasteiger partial charge in [0.2, 0.25) is 10.0 Å². The first-order valence-electron chi connectivity index (χ1n) is 6.35. The number of rotatable bonds is 5. The maximum absolute atomic E-state index is 13.5. The Morgan fingerprint density at radius 3 is 2.19 bits per heavy atom. The Labute approximate surface area is 124 Å². The van der Waals surface area contributed by atoms with Gasteiger partial charge in [-0.05, 0) is 52.3 Å². The molecule has 0 amide bonds. The van der Waals surface area contributed by atoms with Gasteiger partial charge in [-0.2, -0.15) is 0 Å². The van der Waals surface area contributed by atoms with Crippen molar-refractivity contribution in [2.45, 2.75) is 45.1 Å². The Balaban J connectivity index is 3.21. The first kappa shape index (κ1) is 17.6. The van der Waals surface area contributed by atoms with Crippen LogP contribution >= 0.6 is 0 Å². The summed E-state index contributed by atoms with van der Waals surface area (Å²) in [6.45, 7) is 7.32. The number of nitrogens with one attached hydrogen (secondary N) is 1. The summed E-state index contributed by atoms with van der Waals surface area (Å²) in [7, 11) is -4.03. The fourth-order valence-electron chi connectivity index (χ4n) is 1.53. The van der Waals surface area contributed by atoms with Crippen LogP contribution in [0.4, 0.5) is 4.39 Å². The number of sulfonamides is 1. The third-order valence-corrected chi connectivity index (χ3v) is 5.59. The molecule has 7 heteroatoms. The zero-order valence-electron chi connectivity index (χ0n) is 12.7. The van der Waals surface area contributed by atoms with Gasteiger partial charge in [-0.1, -0.05) is 6.07 Å². The maximum Gasteiger partial charge on any atom is 0.310 e. The van der Waals surface area contributed by atoms with Crippen molar-refractivity contribution in [2.75, 3.05) is 0 Å². The summed E-state index contributed by atoms with van der Waals surface area (Å²) in [4.78, 5) is 11.1. The third-order valence-electron chi connectivity index (χ3n) is 3.94. The van der Waals surface area contributed by atoms with E-state index >= 15 is 0 Å². The molecule has 0 aliphatic carbocycles. The SMILES string of the molecule is Cc1ccc(S(=O)(=O)NC(C)(C)C(C)(C)C(=O)O)cc1F. The van der Waals surface area contributed by atoms with E-state index < -0.39 is 32.8 Å². The molecule has 0 saturated carbocycles. The van der Waals surface area contributed by atoms with Crippen molar-refractivity contribution in [3.63, 3.8) is 0 Å². The predicted octanol–water partition coefficient (Wildman–Crippen LogP) is 2.30. The summed E-state index contributed by atoms with van der Waals surface area (Å²) in [5, 5.41) is 9.23. The van der Waals surface area contributed by atoms with Crippen LogP contribution in [-0.2, 0) is 14.8 Å². The molecule has 1 aromatic rings. The molecule has 0 aliphatic heterocycles. The van der Waals surface area contributed by atoms with E-state index in [0.717, 1.165) is 6.07 Å². The number of aliphatic carboxylic acids is 1. The molecule has 0 radical (unpaired) electrons. The van der Waals surface area contributed by atoms with Crippen molar-refractivity contribution < 1.29 is 22.7 Å². The van der Waals surface area contributed by atoms with Crippen LogP contribution in [0.15, 0.2) is 23.1 Å². The van der Waals surface area contributed by atoms with Gasteiger partial charge < -0.3 is 5.11 Å². The maximum atomic E-state index is 13.5. The minimum absolute atomic E-state index is 0.236. The molecular formula is C14H20FNO4S. The summed E-state index contributed by atoms with van der Waals surface area (Å²) in [5.74, 6) is -1.77. The van der Waals surface area contributed by atoms with Crippen molar-refractivity contribution in [3.8, 4) is 0 Å². The Morgan fingerprint density at radius 1 is 1.24 bits per heavy atom. The number of benzene rings is 1. The quantitative estimate of drug-likeness (QED) is 0.873. The van der Waals surface area contributed by atoms with Gasteiger partial charge in [0.15, 0.2) is 0 Å². The summed E-state index contributed by atoms with van der Waals surface area (Å²) >= 11 is 0. The van der Waals surface area contributed by atoms with E-state index in [1.165, 1.54) is 46.8 Å². The first-order chi connectivity index (χ1) is 9.31. The zero-order valence-corrected chi connectivity index (χ0v) is 13.5. The molecule has 0 saturated heterocycles. The molecule has 2 N–H and O–H groups in total. The van der Waals surface area contributed by atoms with Crippen LogP contribution in [0, 0.1) is 18.2 Å². The number of carboxylic acid groups (broad SMARTS) is 1. The Hall–Kier alpha value is -1.47. The number of hydrogen-bond donors (Lipinski definition) is 2. The summed E-state index contributed by atoms with van der Waals surface area (Å²) in [5.41, 5.74) is -2.28. The first-order valence-corrected chi connectivity index (χ1v) is 7.83. The fourth-order valence-corrected chi connectivity index (χ4v) is 3.08. The predicted molar refractivity (Wildman–Crippen MR) is 77.0 cm³/mol. The van der Waals surface area contributed by atoms with Crippen LogP contribution in [-0.4, -0.2) is 25.0 Å². The third kappa shape index (κ3) is 3.41. The van der Waals surface area contributed by atoms with Gasteiger partial charge in [-0.3, -0.25) is 4.79 Å². The van der Waals surface area contributed by atoms with Crippen molar-refractivity contribution in [1.29, 1.82) is 0 Å². The molecule has 5 nitrogen and oxygen atoms in total. The van der Waals surface area contributed by atoms with E-state index in [0.29, 0.717) is 5.56 Å². The second-order valence-electron chi connectivity index (χ2n) is 6.07. The molecule has 0 atom stereocenters. The molecule has 0 bridgehead atoms. The average Bonchev–Trinajstić information content (AvgIpc) is 2.30. The molecule has 21 heavy (non-hydrogen) atoms. The summed E-state index contributed by atoms with van der Waals surface area (Å²) < 4.78 is 40.5. The van der Waals surface area contributed by atoms with E-state index in [4.69, 9.17) is 0 Å². The largest absolute Gasteiger partial charge is 0.481 e. The fraction of sp³-hybridized carbons (Fsp3) is 0.500. The molecule has 118 valence electrons. The minimum atomic E-state index is -4.03. The van der Waals surface area contributed by atoms with Gasteiger partial charge in [-0.15, -0.1) is 0 Å². The van der Waals surface area contributed by atoms with Gasteiger partial charge in [0.25, 0.3) is 0 Å². The average molecular weight is 317 g/mol. The van der Waals surface area contributed by atoms with Crippen LogP contribution in [0.5, 0.6) is 0 Å². The highest BCUT2D eigenvalue weighted by Gasteiger charge is 2.45. The molecule has 0 fully saturated rings. The molecule has 0 aromatic heterocycles. The smallest absolute Gasteiger partial charge is 0.310 e. The van der Waals surface area contributed by atoms with Crippen molar-refractivity contribution in [3.05, 3.63) is 29.6 Å². The van der Waals surface area contributed by atoms with Crippen LogP contribution < -0.4 is 4.72 Å². The van der Waals surface area contributed by atoms with Gasteiger partial charge in [0.1, 0.15) is 5.82 Å². The van der Waals surface area contributed by atoms with E-state index in [9.17, 15) is 22.7 Å². The van der Waals surface area contributed by atoms with E-state index in [1.54, 1.807) is 0 Å². The number of hydrogen-bond acceptors (Lipinski definition) is 3. The van der Waals surface area contributed by atoms with Crippen LogP contribution in [0.2, 0.25) is 0 Å². The van der Waals surface area contributed by atoms with Crippen LogP contribution in [0.3, 0.4) is 0 Å². The molecule has 0 heterocycles. The molecule has 1 rings (SSSR count). The number of halogens is 1. The van der Waals surface area contributed by atoms with Gasteiger partial charge in [0, 0.05) is 5.54 Å². The normalized spacial score (nSPS) is 13.2. The minimum Gasteiger partial charge on any atom is -0.481 e. The standard InChI is InChI=1S/C14H20FNO4S/c1-9-6-7-10(8-11(9)15)21(19,20)16-14(4,5)13(2,3)12(17)18/h6-8,16H,1-5H3,(H,17,18). The molecule has 0 unspecified atom stereocenters. The molecular weight excluding hydrogens is 297 g/mol. The highest BCUT2D eigenvalue weighted by atomic mass is 32.2. The van der Waals surface area contributed by atoms with Crippen molar-refractivity contribution in [2.24, 2.45) is 5.41 Å². The second-order valence-corrected chi connectivity index (χ2v) is 7.75. The highest BCUT2D eigenvalue weighted by Crippen LogP contribution is 2.32. The highest BCUT2D eigenvalue weighted by molar-refractivity contribution is 7.89. The topological polar surface area (TPSA) is 83.5 Å². The molecule has 1 aromatic carbocycles. The number of carboxylic acids is 1. The lowest BCUT2D eigenvalue weighted by Gasteiger charge is -2.38. The van der Waals surface area contributed by atoms with Gasteiger partial charge in [-0.25, -0.2) is 17.5 Å². The lowest BCUT2D eigenvalue weighted by atomic mass is 9.75. The Morgan fingerprint density at radius 2 is 1.76 bits per heavy atom. The Kier molecular flexibility index (Phi) is 4.51. The van der Waals surface area contributed by atoms with E-state index in [1.807, 2.05) is 0 Å².